The molecule has 5 heteroatoms. The molecule has 0 spiro atoms. The minimum absolute atomic E-state index is 0.152. The van der Waals surface area contributed by atoms with Gasteiger partial charge in [-0.25, -0.2) is 0 Å². The minimum Gasteiger partial charge on any atom is -0.371 e. The molecule has 0 atom stereocenters. The lowest BCUT2D eigenvalue weighted by Gasteiger charge is -2.38. The molecule has 0 radical (unpaired) electrons. The summed E-state index contributed by atoms with van der Waals surface area (Å²) in [5, 5.41) is 10.8. The van der Waals surface area contributed by atoms with Crippen molar-refractivity contribution in [1.29, 1.82) is 0 Å². The second kappa shape index (κ2) is 8.12. The van der Waals surface area contributed by atoms with Crippen LogP contribution in [0.25, 0.3) is 0 Å². The smallest absolute Gasteiger partial charge is 0.269 e. The molecular formula is C20H25N3O2. The van der Waals surface area contributed by atoms with Crippen LogP contribution in [0.2, 0.25) is 0 Å². The second-order valence-electron chi connectivity index (χ2n) is 6.71. The van der Waals surface area contributed by atoms with E-state index < -0.39 is 0 Å². The molecule has 0 aromatic heterocycles. The Morgan fingerprint density at radius 3 is 2.32 bits per heavy atom. The number of hydrogen-bond donors (Lipinski definition) is 0. The van der Waals surface area contributed by atoms with E-state index in [1.54, 1.807) is 12.1 Å². The first-order chi connectivity index (χ1) is 12.1. The summed E-state index contributed by atoms with van der Waals surface area (Å²) in [7, 11) is 2.22. The van der Waals surface area contributed by atoms with Gasteiger partial charge in [0.05, 0.1) is 4.92 Å². The third-order valence-corrected chi connectivity index (χ3v) is 5.11. The summed E-state index contributed by atoms with van der Waals surface area (Å²) in [5.74, 6) is 0. The molecule has 1 heterocycles. The van der Waals surface area contributed by atoms with E-state index in [9.17, 15) is 10.1 Å². The number of hydrogen-bond acceptors (Lipinski definition) is 4. The first kappa shape index (κ1) is 17.4. The van der Waals surface area contributed by atoms with Crippen LogP contribution in [0.1, 0.15) is 18.4 Å². The Balaban J connectivity index is 1.48. The third kappa shape index (κ3) is 4.57. The van der Waals surface area contributed by atoms with Crippen molar-refractivity contribution in [3.8, 4) is 0 Å². The van der Waals surface area contributed by atoms with Gasteiger partial charge in [0.1, 0.15) is 0 Å². The van der Waals surface area contributed by atoms with Crippen LogP contribution in [0.5, 0.6) is 0 Å². The molecular weight excluding hydrogens is 314 g/mol. The van der Waals surface area contributed by atoms with Crippen molar-refractivity contribution in [3.63, 3.8) is 0 Å². The molecule has 1 fully saturated rings. The van der Waals surface area contributed by atoms with E-state index >= 15 is 0 Å². The van der Waals surface area contributed by atoms with Crippen LogP contribution in [0, 0.1) is 10.1 Å². The Bertz CT molecular complexity index is 680. The number of piperidine rings is 1. The molecule has 0 N–H and O–H groups in total. The van der Waals surface area contributed by atoms with Gasteiger partial charge in [0.2, 0.25) is 0 Å². The van der Waals surface area contributed by atoms with Gasteiger partial charge < -0.3 is 9.80 Å². The van der Waals surface area contributed by atoms with Crippen molar-refractivity contribution >= 4 is 11.4 Å². The number of nitro groups is 1. The van der Waals surface area contributed by atoms with Crippen molar-refractivity contribution in [1.82, 2.24) is 4.90 Å². The number of anilines is 1. The summed E-state index contributed by atoms with van der Waals surface area (Å²) in [6.45, 7) is 3.07. The Morgan fingerprint density at radius 2 is 1.72 bits per heavy atom. The van der Waals surface area contributed by atoms with Crippen molar-refractivity contribution < 1.29 is 4.92 Å². The monoisotopic (exact) mass is 339 g/mol. The Morgan fingerprint density at radius 1 is 1.08 bits per heavy atom. The molecule has 3 rings (SSSR count). The zero-order chi connectivity index (χ0) is 17.6. The summed E-state index contributed by atoms with van der Waals surface area (Å²) < 4.78 is 0. The van der Waals surface area contributed by atoms with E-state index in [0.29, 0.717) is 6.04 Å². The van der Waals surface area contributed by atoms with Crippen LogP contribution in [0.15, 0.2) is 54.6 Å². The summed E-state index contributed by atoms with van der Waals surface area (Å²) in [5.41, 5.74) is 2.62. The van der Waals surface area contributed by atoms with Gasteiger partial charge >= 0.3 is 0 Å². The maximum Gasteiger partial charge on any atom is 0.269 e. The highest BCUT2D eigenvalue weighted by atomic mass is 16.6. The van der Waals surface area contributed by atoms with Gasteiger partial charge in [-0.1, -0.05) is 30.3 Å². The number of likely N-dealkylation sites (N-methyl/N-ethyl adjacent to an activating group) is 1. The summed E-state index contributed by atoms with van der Waals surface area (Å²) in [6.07, 6.45) is 3.34. The molecule has 5 nitrogen and oxygen atoms in total. The standard InChI is InChI=1S/C20H25N3O2/c1-21(14-11-17-5-3-2-4-6-17)18-12-15-22(16-13-18)19-7-9-20(10-8-19)23(24)25/h2-10,18H,11-16H2,1H3. The van der Waals surface area contributed by atoms with Crippen LogP contribution in [-0.4, -0.2) is 42.5 Å². The predicted octanol–water partition coefficient (Wildman–Crippen LogP) is 3.74. The minimum atomic E-state index is -0.349. The number of benzene rings is 2. The highest BCUT2D eigenvalue weighted by Gasteiger charge is 2.22. The summed E-state index contributed by atoms with van der Waals surface area (Å²) in [4.78, 5) is 15.2. The molecule has 1 saturated heterocycles. The molecule has 0 saturated carbocycles. The van der Waals surface area contributed by atoms with Crippen molar-refractivity contribution in [2.24, 2.45) is 0 Å². The SMILES string of the molecule is CN(CCc1ccccc1)C1CCN(c2ccc([N+](=O)[O-])cc2)CC1. The fourth-order valence-electron chi connectivity index (χ4n) is 3.48. The topological polar surface area (TPSA) is 49.6 Å². The lowest BCUT2D eigenvalue weighted by molar-refractivity contribution is -0.384. The zero-order valence-corrected chi connectivity index (χ0v) is 14.7. The van der Waals surface area contributed by atoms with Crippen LogP contribution in [-0.2, 0) is 6.42 Å². The lowest BCUT2D eigenvalue weighted by Crippen LogP contribution is -2.44. The zero-order valence-electron chi connectivity index (χ0n) is 14.7. The van der Waals surface area contributed by atoms with Gasteiger partial charge in [-0.15, -0.1) is 0 Å². The summed E-state index contributed by atoms with van der Waals surface area (Å²) >= 11 is 0. The van der Waals surface area contributed by atoms with Crippen molar-refractivity contribution in [2.75, 3.05) is 31.6 Å². The largest absolute Gasteiger partial charge is 0.371 e. The second-order valence-corrected chi connectivity index (χ2v) is 6.71. The van der Waals surface area contributed by atoms with Gasteiger partial charge in [0.25, 0.3) is 5.69 Å². The van der Waals surface area contributed by atoms with Gasteiger partial charge in [0.15, 0.2) is 0 Å². The molecule has 0 bridgehead atoms. The Labute approximate surface area is 149 Å². The Hall–Kier alpha value is -2.40. The lowest BCUT2D eigenvalue weighted by atomic mass is 10.0. The summed E-state index contributed by atoms with van der Waals surface area (Å²) in [6, 6.07) is 18.1. The first-order valence-electron chi connectivity index (χ1n) is 8.87. The van der Waals surface area contributed by atoms with E-state index in [2.05, 4.69) is 47.2 Å². The van der Waals surface area contributed by atoms with E-state index in [1.165, 1.54) is 5.56 Å². The van der Waals surface area contributed by atoms with Gasteiger partial charge in [-0.05, 0) is 44.0 Å². The fraction of sp³-hybridized carbons (Fsp3) is 0.400. The predicted molar refractivity (Wildman–Crippen MR) is 101 cm³/mol. The Kier molecular flexibility index (Phi) is 5.66. The third-order valence-electron chi connectivity index (χ3n) is 5.11. The van der Waals surface area contributed by atoms with Crippen molar-refractivity contribution in [2.45, 2.75) is 25.3 Å². The van der Waals surface area contributed by atoms with E-state index in [1.807, 2.05) is 12.1 Å². The molecule has 2 aromatic carbocycles. The quantitative estimate of drug-likeness (QED) is 0.594. The molecule has 0 amide bonds. The average molecular weight is 339 g/mol. The number of nitro benzene ring substituents is 1. The highest BCUT2D eigenvalue weighted by molar-refractivity contribution is 5.51. The number of nitrogens with zero attached hydrogens (tertiary/aromatic N) is 3. The number of non-ortho nitro benzene ring substituents is 1. The normalized spacial score (nSPS) is 15.5. The molecule has 0 aliphatic carbocycles. The average Bonchev–Trinajstić information content (AvgIpc) is 2.67. The van der Waals surface area contributed by atoms with Gasteiger partial charge in [-0.2, -0.15) is 0 Å². The molecule has 132 valence electrons. The molecule has 0 unspecified atom stereocenters. The maximum atomic E-state index is 10.8. The van der Waals surface area contributed by atoms with Crippen LogP contribution < -0.4 is 4.90 Å². The van der Waals surface area contributed by atoms with Crippen LogP contribution in [0.3, 0.4) is 0 Å². The van der Waals surface area contributed by atoms with E-state index in [4.69, 9.17) is 0 Å². The molecule has 25 heavy (non-hydrogen) atoms. The van der Waals surface area contributed by atoms with Crippen molar-refractivity contribution in [3.05, 3.63) is 70.3 Å². The maximum absolute atomic E-state index is 10.8. The van der Waals surface area contributed by atoms with E-state index in [-0.39, 0.29) is 10.6 Å². The number of rotatable bonds is 6. The first-order valence-corrected chi connectivity index (χ1v) is 8.87. The highest BCUT2D eigenvalue weighted by Crippen LogP contribution is 2.24. The van der Waals surface area contributed by atoms with Crippen LogP contribution >= 0.6 is 0 Å². The van der Waals surface area contributed by atoms with Gasteiger partial charge in [0, 0.05) is 43.5 Å². The molecule has 1 aliphatic heterocycles. The fourth-order valence-corrected chi connectivity index (χ4v) is 3.48. The van der Waals surface area contributed by atoms with Crippen LogP contribution in [0.4, 0.5) is 11.4 Å². The molecule has 2 aromatic rings. The van der Waals surface area contributed by atoms with E-state index in [0.717, 1.165) is 44.6 Å². The van der Waals surface area contributed by atoms with Gasteiger partial charge in [-0.3, -0.25) is 10.1 Å². The molecule has 1 aliphatic rings.